The van der Waals surface area contributed by atoms with Crippen LogP contribution in [-0.2, 0) is 14.8 Å². The number of amides is 1. The molecular formula is C20H19FN4O4S. The Morgan fingerprint density at radius 3 is 2.40 bits per heavy atom. The van der Waals surface area contributed by atoms with E-state index in [9.17, 15) is 22.4 Å². The molecule has 1 aromatic heterocycles. The molecule has 0 radical (unpaired) electrons. The first-order chi connectivity index (χ1) is 14.1. The lowest BCUT2D eigenvalue weighted by Crippen LogP contribution is -2.33. The van der Waals surface area contributed by atoms with E-state index in [0.29, 0.717) is 16.9 Å². The topological polar surface area (TPSA) is 110 Å². The second-order valence-corrected chi connectivity index (χ2v) is 8.38. The Morgan fingerprint density at radius 2 is 1.73 bits per heavy atom. The van der Waals surface area contributed by atoms with Crippen LogP contribution in [0, 0.1) is 5.82 Å². The number of hydrogen-bond donors (Lipinski definition) is 2. The zero-order valence-electron chi connectivity index (χ0n) is 16.2. The molecule has 1 heterocycles. The normalized spacial score (nSPS) is 12.2. The summed E-state index contributed by atoms with van der Waals surface area (Å²) in [6.45, 7) is 1.51. The van der Waals surface area contributed by atoms with Crippen molar-refractivity contribution in [2.45, 2.75) is 13.0 Å². The summed E-state index contributed by atoms with van der Waals surface area (Å²) in [6, 6.07) is 13.6. The van der Waals surface area contributed by atoms with Gasteiger partial charge in [0.05, 0.1) is 17.6 Å². The smallest absolute Gasteiger partial charge is 0.267 e. The number of benzene rings is 2. The molecule has 8 nitrogen and oxygen atoms in total. The predicted octanol–water partition coefficient (Wildman–Crippen LogP) is 2.62. The van der Waals surface area contributed by atoms with E-state index in [-0.39, 0.29) is 5.69 Å². The van der Waals surface area contributed by atoms with Crippen LogP contribution < -0.4 is 15.6 Å². The maximum Gasteiger partial charge on any atom is 0.267 e. The first-order valence-electron chi connectivity index (χ1n) is 8.87. The number of nitrogens with zero attached hydrogens (tertiary/aromatic N) is 2. The quantitative estimate of drug-likeness (QED) is 0.625. The van der Waals surface area contributed by atoms with Crippen molar-refractivity contribution in [1.29, 1.82) is 0 Å². The summed E-state index contributed by atoms with van der Waals surface area (Å²) in [6.07, 6.45) is 1.02. The number of anilines is 2. The Balaban J connectivity index is 1.82. The molecule has 0 bridgehead atoms. The first-order valence-corrected chi connectivity index (χ1v) is 10.8. The minimum absolute atomic E-state index is 0.288. The van der Waals surface area contributed by atoms with Crippen molar-refractivity contribution < 1.29 is 17.6 Å². The fourth-order valence-electron chi connectivity index (χ4n) is 2.71. The average molecular weight is 430 g/mol. The van der Waals surface area contributed by atoms with Gasteiger partial charge in [-0.3, -0.25) is 14.3 Å². The number of halogens is 1. The van der Waals surface area contributed by atoms with Gasteiger partial charge < -0.3 is 5.32 Å². The summed E-state index contributed by atoms with van der Waals surface area (Å²) in [4.78, 5) is 24.9. The molecule has 2 aromatic carbocycles. The average Bonchev–Trinajstić information content (AvgIpc) is 2.67. The van der Waals surface area contributed by atoms with Crippen molar-refractivity contribution in [3.63, 3.8) is 0 Å². The highest BCUT2D eigenvalue weighted by Gasteiger charge is 2.18. The molecule has 1 amide bonds. The van der Waals surface area contributed by atoms with Crippen molar-refractivity contribution in [2.75, 3.05) is 16.3 Å². The second-order valence-electron chi connectivity index (χ2n) is 6.63. The van der Waals surface area contributed by atoms with E-state index < -0.39 is 33.3 Å². The van der Waals surface area contributed by atoms with Crippen LogP contribution in [-0.4, -0.2) is 30.4 Å². The minimum Gasteiger partial charge on any atom is -0.324 e. The van der Waals surface area contributed by atoms with Gasteiger partial charge in [-0.15, -0.1) is 0 Å². The van der Waals surface area contributed by atoms with Crippen molar-refractivity contribution in [1.82, 2.24) is 9.78 Å². The number of carbonyl (C=O) groups is 1. The van der Waals surface area contributed by atoms with Crippen LogP contribution in [0.5, 0.6) is 0 Å². The third-order valence-corrected chi connectivity index (χ3v) is 4.75. The van der Waals surface area contributed by atoms with Crippen LogP contribution in [0.1, 0.15) is 13.0 Å². The van der Waals surface area contributed by atoms with Gasteiger partial charge in [-0.2, -0.15) is 5.10 Å². The van der Waals surface area contributed by atoms with Crippen molar-refractivity contribution in [2.24, 2.45) is 0 Å². The van der Waals surface area contributed by atoms with Crippen LogP contribution in [0.25, 0.3) is 11.3 Å². The lowest BCUT2D eigenvalue weighted by Gasteiger charge is -2.15. The predicted molar refractivity (Wildman–Crippen MR) is 112 cm³/mol. The van der Waals surface area contributed by atoms with E-state index in [2.05, 4.69) is 15.1 Å². The minimum atomic E-state index is -3.46. The first kappa shape index (κ1) is 21.2. The van der Waals surface area contributed by atoms with Crippen LogP contribution in [0.3, 0.4) is 0 Å². The van der Waals surface area contributed by atoms with Crippen molar-refractivity contribution in [3.8, 4) is 11.3 Å². The molecular weight excluding hydrogens is 411 g/mol. The molecule has 0 saturated carbocycles. The van der Waals surface area contributed by atoms with Gasteiger partial charge in [0, 0.05) is 17.3 Å². The van der Waals surface area contributed by atoms with Crippen LogP contribution in [0.15, 0.2) is 65.5 Å². The fourth-order valence-corrected chi connectivity index (χ4v) is 3.26. The summed E-state index contributed by atoms with van der Waals surface area (Å²) < 4.78 is 39.2. The summed E-state index contributed by atoms with van der Waals surface area (Å²) in [5.74, 6) is -0.912. The van der Waals surface area contributed by atoms with Gasteiger partial charge >= 0.3 is 0 Å². The van der Waals surface area contributed by atoms with Gasteiger partial charge in [0.1, 0.15) is 11.9 Å². The molecule has 0 unspecified atom stereocenters. The maximum atomic E-state index is 13.1. The molecule has 0 spiro atoms. The van der Waals surface area contributed by atoms with E-state index in [1.54, 1.807) is 18.2 Å². The second kappa shape index (κ2) is 8.46. The maximum absolute atomic E-state index is 13.1. The van der Waals surface area contributed by atoms with Gasteiger partial charge in [0.25, 0.3) is 5.56 Å². The van der Waals surface area contributed by atoms with Crippen LogP contribution in [0.4, 0.5) is 15.8 Å². The van der Waals surface area contributed by atoms with E-state index in [0.717, 1.165) is 10.9 Å². The monoisotopic (exact) mass is 430 g/mol. The molecule has 0 aliphatic rings. The number of rotatable bonds is 6. The van der Waals surface area contributed by atoms with Crippen LogP contribution >= 0.6 is 0 Å². The Hall–Kier alpha value is -3.53. The van der Waals surface area contributed by atoms with E-state index in [4.69, 9.17) is 0 Å². The van der Waals surface area contributed by atoms with Gasteiger partial charge in [-0.1, -0.05) is 6.07 Å². The molecule has 156 valence electrons. The summed E-state index contributed by atoms with van der Waals surface area (Å²) >= 11 is 0. The highest BCUT2D eigenvalue weighted by atomic mass is 32.2. The number of hydrogen-bond acceptors (Lipinski definition) is 5. The number of carbonyl (C=O) groups excluding carboxylic acids is 1. The molecule has 30 heavy (non-hydrogen) atoms. The Kier molecular flexibility index (Phi) is 5.97. The van der Waals surface area contributed by atoms with Crippen LogP contribution in [0.2, 0.25) is 0 Å². The van der Waals surface area contributed by atoms with Crippen molar-refractivity contribution in [3.05, 3.63) is 76.8 Å². The molecule has 3 aromatic rings. The third-order valence-electron chi connectivity index (χ3n) is 4.14. The summed E-state index contributed by atoms with van der Waals surface area (Å²) in [5, 5.41) is 6.87. The Labute approximate surface area is 172 Å². The zero-order valence-corrected chi connectivity index (χ0v) is 17.0. The zero-order chi connectivity index (χ0) is 21.9. The van der Waals surface area contributed by atoms with E-state index in [1.807, 2.05) is 0 Å². The molecule has 0 aliphatic heterocycles. The van der Waals surface area contributed by atoms with Gasteiger partial charge in [-0.05, 0) is 55.5 Å². The molecule has 0 fully saturated rings. The molecule has 0 aliphatic carbocycles. The summed E-state index contributed by atoms with van der Waals surface area (Å²) in [5.41, 5.74) is 1.17. The fraction of sp³-hybridized carbons (Fsp3) is 0.150. The van der Waals surface area contributed by atoms with Gasteiger partial charge in [0.15, 0.2) is 0 Å². The number of sulfonamides is 1. The molecule has 10 heteroatoms. The largest absolute Gasteiger partial charge is 0.324 e. The lowest BCUT2D eigenvalue weighted by atomic mass is 10.1. The van der Waals surface area contributed by atoms with E-state index >= 15 is 0 Å². The standard InChI is InChI=1S/C20H19FN4O4S/c1-13(20(27)22-16-4-3-5-17(12-16)24-30(2,28)29)25-19(26)11-10-18(23-25)14-6-8-15(21)9-7-14/h3-13,24H,1-2H3,(H,22,27)/t13-/m1/s1. The highest BCUT2D eigenvalue weighted by molar-refractivity contribution is 7.92. The lowest BCUT2D eigenvalue weighted by molar-refractivity contribution is -0.119. The highest BCUT2D eigenvalue weighted by Crippen LogP contribution is 2.19. The van der Waals surface area contributed by atoms with Gasteiger partial charge in [0.2, 0.25) is 15.9 Å². The number of nitrogens with one attached hydrogen (secondary N) is 2. The molecule has 0 saturated heterocycles. The Morgan fingerprint density at radius 1 is 1.07 bits per heavy atom. The van der Waals surface area contributed by atoms with Crippen molar-refractivity contribution >= 4 is 27.3 Å². The molecule has 3 rings (SSSR count). The van der Waals surface area contributed by atoms with Gasteiger partial charge in [-0.25, -0.2) is 17.5 Å². The third kappa shape index (κ3) is 5.29. The SMILES string of the molecule is C[C@H](C(=O)Nc1cccc(NS(C)(=O)=O)c1)n1nc(-c2ccc(F)cc2)ccc1=O. The molecule has 1 atom stereocenters. The molecule has 2 N–H and O–H groups in total. The van der Waals surface area contributed by atoms with E-state index in [1.165, 1.54) is 49.4 Å². The Bertz CT molecular complexity index is 1240. The summed E-state index contributed by atoms with van der Waals surface area (Å²) in [7, 11) is -3.46. The number of aromatic nitrogens is 2.